The van der Waals surface area contributed by atoms with Crippen LogP contribution in [0, 0.1) is 0 Å². The molecule has 0 atom stereocenters. The van der Waals surface area contributed by atoms with E-state index in [1.54, 1.807) is 6.07 Å². The molecule has 5 heteroatoms. The maximum Gasteiger partial charge on any atom is 0.259 e. The van der Waals surface area contributed by atoms with Crippen LogP contribution in [0.3, 0.4) is 0 Å². The Balaban J connectivity index is 1.36. The van der Waals surface area contributed by atoms with Gasteiger partial charge in [0.15, 0.2) is 0 Å². The van der Waals surface area contributed by atoms with Crippen LogP contribution < -0.4 is 10.1 Å². The molecule has 0 saturated heterocycles. The Labute approximate surface area is 173 Å². The Morgan fingerprint density at radius 3 is 2.50 bits per heavy atom. The van der Waals surface area contributed by atoms with Crippen LogP contribution in [-0.2, 0) is 19.4 Å². The SMILES string of the molecule is O=C1NC(=O)c2c(CCc3c[nH]c4ccc(OCc5ccccc5)cc34)cccc21. The van der Waals surface area contributed by atoms with Crippen molar-refractivity contribution >= 4 is 22.7 Å². The summed E-state index contributed by atoms with van der Waals surface area (Å²) in [5, 5.41) is 3.49. The lowest BCUT2D eigenvalue weighted by Gasteiger charge is -2.08. The van der Waals surface area contributed by atoms with Crippen LogP contribution in [0.1, 0.15) is 37.4 Å². The molecule has 0 fully saturated rings. The standard InChI is InChI=1S/C25H20N2O3/c28-24-20-8-4-7-17(23(20)25(29)27-24)9-10-18-14-26-22-12-11-19(13-21(18)22)30-15-16-5-2-1-3-6-16/h1-8,11-14,26H,9-10,15H2,(H,27,28,29). The first-order valence-electron chi connectivity index (χ1n) is 9.93. The molecule has 0 aliphatic carbocycles. The van der Waals surface area contributed by atoms with Crippen molar-refractivity contribution in [3.8, 4) is 5.75 Å². The second-order valence-corrected chi connectivity index (χ2v) is 7.42. The first kappa shape index (κ1) is 18.2. The van der Waals surface area contributed by atoms with E-state index in [1.165, 1.54) is 0 Å². The largest absolute Gasteiger partial charge is 0.489 e. The van der Waals surface area contributed by atoms with Gasteiger partial charge in [-0.05, 0) is 53.8 Å². The zero-order valence-corrected chi connectivity index (χ0v) is 16.3. The number of amides is 2. The lowest BCUT2D eigenvalue weighted by Crippen LogP contribution is -2.20. The summed E-state index contributed by atoms with van der Waals surface area (Å²) in [7, 11) is 0. The van der Waals surface area contributed by atoms with E-state index in [4.69, 9.17) is 4.74 Å². The fraction of sp³-hybridized carbons (Fsp3) is 0.120. The van der Waals surface area contributed by atoms with E-state index >= 15 is 0 Å². The number of H-pyrrole nitrogens is 1. The lowest BCUT2D eigenvalue weighted by atomic mass is 9.97. The Hall–Kier alpha value is -3.86. The van der Waals surface area contributed by atoms with Gasteiger partial charge in [0, 0.05) is 17.1 Å². The van der Waals surface area contributed by atoms with Crippen molar-refractivity contribution in [3.05, 3.63) is 101 Å². The number of ether oxygens (including phenoxy) is 1. The highest BCUT2D eigenvalue weighted by molar-refractivity contribution is 6.22. The van der Waals surface area contributed by atoms with Crippen molar-refractivity contribution in [1.82, 2.24) is 10.3 Å². The average molecular weight is 396 g/mol. The lowest BCUT2D eigenvalue weighted by molar-refractivity contribution is 0.0879. The summed E-state index contributed by atoms with van der Waals surface area (Å²) < 4.78 is 5.97. The smallest absolute Gasteiger partial charge is 0.259 e. The minimum atomic E-state index is -0.316. The average Bonchev–Trinajstić information content (AvgIpc) is 3.31. The van der Waals surface area contributed by atoms with Crippen LogP contribution in [0.4, 0.5) is 0 Å². The highest BCUT2D eigenvalue weighted by atomic mass is 16.5. The second kappa shape index (κ2) is 7.52. The zero-order chi connectivity index (χ0) is 20.5. The minimum Gasteiger partial charge on any atom is -0.489 e. The van der Waals surface area contributed by atoms with Crippen molar-refractivity contribution < 1.29 is 14.3 Å². The van der Waals surface area contributed by atoms with E-state index in [1.807, 2.05) is 60.8 Å². The Bertz CT molecular complexity index is 1260. The van der Waals surface area contributed by atoms with E-state index in [9.17, 15) is 9.59 Å². The molecule has 1 aliphatic rings. The van der Waals surface area contributed by atoms with Gasteiger partial charge < -0.3 is 9.72 Å². The molecule has 0 saturated carbocycles. The number of carbonyl (C=O) groups excluding carboxylic acids is 2. The zero-order valence-electron chi connectivity index (χ0n) is 16.3. The third-order valence-electron chi connectivity index (χ3n) is 5.50. The van der Waals surface area contributed by atoms with E-state index in [-0.39, 0.29) is 11.8 Å². The molecular weight excluding hydrogens is 376 g/mol. The predicted octanol–water partition coefficient (Wildman–Crippen LogP) is 4.42. The first-order valence-corrected chi connectivity index (χ1v) is 9.93. The summed E-state index contributed by atoms with van der Waals surface area (Å²) in [6.07, 6.45) is 3.42. The minimum absolute atomic E-state index is 0.305. The molecule has 1 aromatic heterocycles. The number of hydrogen-bond acceptors (Lipinski definition) is 3. The number of nitrogens with one attached hydrogen (secondary N) is 2. The third kappa shape index (κ3) is 3.35. The molecule has 2 heterocycles. The van der Waals surface area contributed by atoms with E-state index in [0.29, 0.717) is 24.2 Å². The number of rotatable bonds is 6. The van der Waals surface area contributed by atoms with Gasteiger partial charge in [0.25, 0.3) is 11.8 Å². The van der Waals surface area contributed by atoms with Gasteiger partial charge in [-0.3, -0.25) is 14.9 Å². The second-order valence-electron chi connectivity index (χ2n) is 7.42. The van der Waals surface area contributed by atoms with Gasteiger partial charge in [-0.2, -0.15) is 0 Å². The van der Waals surface area contributed by atoms with Gasteiger partial charge in [0.1, 0.15) is 12.4 Å². The number of fused-ring (bicyclic) bond motifs is 2. The predicted molar refractivity (Wildman–Crippen MR) is 115 cm³/mol. The number of aromatic amines is 1. The van der Waals surface area contributed by atoms with Crippen molar-refractivity contribution in [2.24, 2.45) is 0 Å². The summed E-state index contributed by atoms with van der Waals surface area (Å²) in [5.74, 6) is 0.197. The van der Waals surface area contributed by atoms with Crippen molar-refractivity contribution in [1.29, 1.82) is 0 Å². The van der Waals surface area contributed by atoms with Crippen LogP contribution in [0.5, 0.6) is 5.75 Å². The molecule has 2 amide bonds. The molecule has 0 bridgehead atoms. The van der Waals surface area contributed by atoms with Crippen LogP contribution in [0.2, 0.25) is 0 Å². The normalized spacial score (nSPS) is 12.8. The Morgan fingerprint density at radius 2 is 1.63 bits per heavy atom. The van der Waals surface area contributed by atoms with E-state index in [2.05, 4.69) is 16.4 Å². The number of benzene rings is 3. The number of aromatic nitrogens is 1. The van der Waals surface area contributed by atoms with Crippen LogP contribution >= 0.6 is 0 Å². The van der Waals surface area contributed by atoms with Crippen molar-refractivity contribution in [3.63, 3.8) is 0 Å². The summed E-state index contributed by atoms with van der Waals surface area (Å²) >= 11 is 0. The van der Waals surface area contributed by atoms with Crippen LogP contribution in [-0.4, -0.2) is 16.8 Å². The summed E-state index contributed by atoms with van der Waals surface area (Å²) in [4.78, 5) is 27.3. The van der Waals surface area contributed by atoms with Gasteiger partial charge in [-0.1, -0.05) is 42.5 Å². The summed E-state index contributed by atoms with van der Waals surface area (Å²) in [6, 6.07) is 21.5. The maximum atomic E-state index is 12.1. The number of aryl methyl sites for hydroxylation is 2. The third-order valence-corrected chi connectivity index (χ3v) is 5.50. The molecule has 5 rings (SSSR count). The van der Waals surface area contributed by atoms with Gasteiger partial charge in [0.2, 0.25) is 0 Å². The molecule has 30 heavy (non-hydrogen) atoms. The molecular formula is C25H20N2O3. The monoisotopic (exact) mass is 396 g/mol. The highest BCUT2D eigenvalue weighted by Crippen LogP contribution is 2.27. The molecule has 5 nitrogen and oxygen atoms in total. The van der Waals surface area contributed by atoms with Gasteiger partial charge in [-0.25, -0.2) is 0 Å². The van der Waals surface area contributed by atoms with Gasteiger partial charge in [0.05, 0.1) is 11.1 Å². The van der Waals surface area contributed by atoms with Gasteiger partial charge >= 0.3 is 0 Å². The first-order chi connectivity index (χ1) is 14.7. The Morgan fingerprint density at radius 1 is 0.800 bits per heavy atom. The van der Waals surface area contributed by atoms with Crippen LogP contribution in [0.15, 0.2) is 72.9 Å². The van der Waals surface area contributed by atoms with E-state index in [0.717, 1.165) is 39.8 Å². The molecule has 4 aromatic rings. The fourth-order valence-electron chi connectivity index (χ4n) is 3.96. The highest BCUT2D eigenvalue weighted by Gasteiger charge is 2.28. The van der Waals surface area contributed by atoms with Crippen molar-refractivity contribution in [2.75, 3.05) is 0 Å². The molecule has 0 unspecified atom stereocenters. The molecule has 0 spiro atoms. The topological polar surface area (TPSA) is 71.2 Å². The molecule has 148 valence electrons. The molecule has 1 aliphatic heterocycles. The number of imide groups is 1. The number of carbonyl (C=O) groups is 2. The summed E-state index contributed by atoms with van der Waals surface area (Å²) in [6.45, 7) is 0.519. The van der Waals surface area contributed by atoms with E-state index < -0.39 is 0 Å². The maximum absolute atomic E-state index is 12.1. The molecule has 2 N–H and O–H groups in total. The molecule has 0 radical (unpaired) electrons. The Kier molecular flexibility index (Phi) is 4.56. The molecule has 3 aromatic carbocycles. The number of hydrogen-bond donors (Lipinski definition) is 2. The quantitative estimate of drug-likeness (QED) is 0.474. The van der Waals surface area contributed by atoms with Crippen LogP contribution in [0.25, 0.3) is 10.9 Å². The summed E-state index contributed by atoms with van der Waals surface area (Å²) in [5.41, 5.74) is 5.18. The fourth-order valence-corrected chi connectivity index (χ4v) is 3.96. The van der Waals surface area contributed by atoms with Gasteiger partial charge in [-0.15, -0.1) is 0 Å². The van der Waals surface area contributed by atoms with Crippen molar-refractivity contribution in [2.45, 2.75) is 19.4 Å².